The second-order valence-corrected chi connectivity index (χ2v) is 12.6. The molecule has 0 aliphatic carbocycles. The maximum absolute atomic E-state index is 13.8. The third-order valence-corrected chi connectivity index (χ3v) is 8.48. The van der Waals surface area contributed by atoms with Crippen LogP contribution in [0.2, 0.25) is 0 Å². The van der Waals surface area contributed by atoms with E-state index in [0.29, 0.717) is 46.9 Å². The number of aliphatic hydroxyl groups excluding tert-OH is 1. The number of anilines is 1. The molecule has 11 nitrogen and oxygen atoms in total. The first-order valence-electron chi connectivity index (χ1n) is 16.4. The van der Waals surface area contributed by atoms with Crippen molar-refractivity contribution in [2.24, 2.45) is 0 Å². The number of nitrogens with one attached hydrogen (secondary N) is 1. The highest BCUT2D eigenvalue weighted by Gasteiger charge is 2.44. The summed E-state index contributed by atoms with van der Waals surface area (Å²) in [6.45, 7) is 4.95. The summed E-state index contributed by atoms with van der Waals surface area (Å²) >= 11 is 0. The first kappa shape index (κ1) is 25.4. The van der Waals surface area contributed by atoms with Crippen molar-refractivity contribution in [3.05, 3.63) is 71.3 Å². The minimum Gasteiger partial charge on any atom is -0.444 e. The highest BCUT2D eigenvalue weighted by molar-refractivity contribution is 5.98. The lowest BCUT2D eigenvalue weighted by molar-refractivity contribution is 0.0461. The predicted molar refractivity (Wildman–Crippen MR) is 169 cm³/mol. The number of nitrogens with zero attached hydrogens (tertiary/aromatic N) is 6. The van der Waals surface area contributed by atoms with Crippen molar-refractivity contribution >= 4 is 29.0 Å². The molecule has 0 unspecified atom stereocenters. The highest BCUT2D eigenvalue weighted by atomic mass is 16.6. The van der Waals surface area contributed by atoms with E-state index in [9.17, 15) is 14.7 Å². The van der Waals surface area contributed by atoms with E-state index in [2.05, 4.69) is 27.1 Å². The summed E-state index contributed by atoms with van der Waals surface area (Å²) in [6.07, 6.45) is 2.36. The zero-order valence-corrected chi connectivity index (χ0v) is 25.4. The van der Waals surface area contributed by atoms with Crippen LogP contribution in [0.15, 0.2) is 48.8 Å². The molecule has 4 atom stereocenters. The Morgan fingerprint density at radius 2 is 1.93 bits per heavy atom. The molecule has 1 saturated heterocycles. The van der Waals surface area contributed by atoms with Crippen molar-refractivity contribution < 1.29 is 23.5 Å². The Morgan fingerprint density at radius 1 is 1.13 bits per heavy atom. The summed E-state index contributed by atoms with van der Waals surface area (Å²) in [7, 11) is 0. The quantitative estimate of drug-likeness (QED) is 0.334. The summed E-state index contributed by atoms with van der Waals surface area (Å²) in [4.78, 5) is 42.8. The number of alkyl carbamates (subject to hydrolysis) is 1. The number of β-amino-alcohol motifs (C(OH)–C–C–N with tert-alkyl or cyclic N) is 1. The lowest BCUT2D eigenvalue weighted by Gasteiger charge is -2.24. The normalized spacial score (nSPS) is 23.3. The summed E-state index contributed by atoms with van der Waals surface area (Å²) < 4.78 is 32.2. The molecule has 0 saturated carbocycles. The van der Waals surface area contributed by atoms with Crippen LogP contribution < -0.4 is 10.2 Å². The number of ether oxygens (including phenoxy) is 1. The van der Waals surface area contributed by atoms with E-state index in [1.165, 1.54) is 0 Å². The molecule has 4 aromatic rings. The summed E-state index contributed by atoms with van der Waals surface area (Å²) in [5.41, 5.74) is 4.11. The maximum Gasteiger partial charge on any atom is 0.408 e. The fourth-order valence-corrected chi connectivity index (χ4v) is 6.55. The van der Waals surface area contributed by atoms with Crippen molar-refractivity contribution in [2.45, 2.75) is 63.9 Å². The number of rotatable bonds is 3. The zero-order valence-electron chi connectivity index (χ0n) is 28.4. The zero-order chi connectivity index (χ0) is 34.1. The lowest BCUT2D eigenvalue weighted by Crippen LogP contribution is -2.45. The SMILES string of the molecule is [2H]C([2H])([2H])N1C(=O)c2cccc(C#CC)c2[C@H]2C[C@@H]1c1nc3ccc(-c4cnc(N5C[C@H](NC(=O)OC(C)(C)C)[C@@H](O)C5)nc4)cc3n12. The third-order valence-electron chi connectivity index (χ3n) is 8.48. The molecule has 2 aromatic heterocycles. The molecule has 230 valence electrons. The smallest absolute Gasteiger partial charge is 0.408 e. The Bertz CT molecular complexity index is 2010. The van der Waals surface area contributed by atoms with Crippen LogP contribution in [0.25, 0.3) is 22.2 Å². The summed E-state index contributed by atoms with van der Waals surface area (Å²) in [5.74, 6) is 6.44. The van der Waals surface area contributed by atoms with Gasteiger partial charge >= 0.3 is 6.09 Å². The Hall–Kier alpha value is -4.95. The van der Waals surface area contributed by atoms with Crippen LogP contribution in [0.3, 0.4) is 0 Å². The Balaban J connectivity index is 1.22. The van der Waals surface area contributed by atoms with Gasteiger partial charge in [-0.15, -0.1) is 5.92 Å². The van der Waals surface area contributed by atoms with Crippen LogP contribution in [0, 0.1) is 11.8 Å². The van der Waals surface area contributed by atoms with E-state index in [0.717, 1.165) is 21.5 Å². The number of imidazole rings is 1. The summed E-state index contributed by atoms with van der Waals surface area (Å²) in [5, 5.41) is 13.3. The number of hydrogen-bond acceptors (Lipinski definition) is 8. The molecule has 3 aliphatic rings. The number of benzene rings is 2. The standard InChI is InChI=1S/C34H35N7O4/c1-6-8-19-9-7-10-22-29(19)26-14-27(39(5)31(22)43)30-37-23-12-11-20(13-25(23)41(26)30)21-15-35-32(36-16-21)40-17-24(28(42)18-40)38-33(44)45-34(2,3)4/h7,9-13,15-16,24,26-28,42H,14,17-18H2,1-5H3,(H,38,44)/t24-,26+,27+,28-/m0/s1/i5D3. The molecule has 2 amide bonds. The molecule has 5 heterocycles. The molecule has 3 aliphatic heterocycles. The first-order chi connectivity index (χ1) is 22.7. The molecular weight excluding hydrogens is 570 g/mol. The van der Waals surface area contributed by atoms with E-state index < -0.39 is 42.8 Å². The monoisotopic (exact) mass is 608 g/mol. The fraction of sp³-hybridized carbons (Fsp3) is 0.382. The van der Waals surface area contributed by atoms with Gasteiger partial charge in [0.05, 0.1) is 35.3 Å². The van der Waals surface area contributed by atoms with Gasteiger partial charge in [-0.1, -0.05) is 18.1 Å². The van der Waals surface area contributed by atoms with Crippen LogP contribution in [0.5, 0.6) is 0 Å². The van der Waals surface area contributed by atoms with Crippen molar-refractivity contribution in [1.82, 2.24) is 29.7 Å². The fourth-order valence-electron chi connectivity index (χ4n) is 6.55. The number of fused-ring (bicyclic) bond motifs is 9. The van der Waals surface area contributed by atoms with Crippen LogP contribution >= 0.6 is 0 Å². The van der Waals surface area contributed by atoms with Crippen LogP contribution in [0.1, 0.15) is 77.6 Å². The lowest BCUT2D eigenvalue weighted by atomic mass is 9.93. The van der Waals surface area contributed by atoms with Gasteiger partial charge in [0.15, 0.2) is 0 Å². The second kappa shape index (κ2) is 10.6. The number of amides is 2. The molecular formula is C34H35N7O4. The van der Waals surface area contributed by atoms with Gasteiger partial charge in [0, 0.05) is 65.2 Å². The van der Waals surface area contributed by atoms with Gasteiger partial charge in [0.25, 0.3) is 5.91 Å². The largest absolute Gasteiger partial charge is 0.444 e. The first-order valence-corrected chi connectivity index (χ1v) is 14.9. The minimum atomic E-state index is -2.67. The van der Waals surface area contributed by atoms with Gasteiger partial charge in [-0.3, -0.25) is 4.79 Å². The van der Waals surface area contributed by atoms with Gasteiger partial charge in [0.2, 0.25) is 5.95 Å². The van der Waals surface area contributed by atoms with E-state index in [1.54, 1.807) is 57.1 Å². The number of hydrogen-bond donors (Lipinski definition) is 2. The van der Waals surface area contributed by atoms with Gasteiger partial charge in [0.1, 0.15) is 11.4 Å². The highest BCUT2D eigenvalue weighted by Crippen LogP contribution is 2.48. The van der Waals surface area contributed by atoms with Gasteiger partial charge in [-0.05, 0) is 57.5 Å². The van der Waals surface area contributed by atoms with Crippen LogP contribution in [-0.4, -0.2) is 79.3 Å². The van der Waals surface area contributed by atoms with Crippen LogP contribution in [0.4, 0.5) is 10.7 Å². The number of aliphatic hydroxyl groups is 1. The van der Waals surface area contributed by atoms with Gasteiger partial charge < -0.3 is 29.5 Å². The van der Waals surface area contributed by atoms with Gasteiger partial charge in [-0.2, -0.15) is 0 Å². The summed E-state index contributed by atoms with van der Waals surface area (Å²) in [6, 6.07) is 9.41. The van der Waals surface area contributed by atoms with Crippen molar-refractivity contribution in [3.8, 4) is 23.0 Å². The predicted octanol–water partition coefficient (Wildman–Crippen LogP) is 4.06. The van der Waals surface area contributed by atoms with E-state index in [-0.39, 0.29) is 12.6 Å². The molecule has 2 N–H and O–H groups in total. The van der Waals surface area contributed by atoms with Crippen molar-refractivity contribution in [3.63, 3.8) is 0 Å². The van der Waals surface area contributed by atoms with E-state index in [1.807, 2.05) is 28.8 Å². The second-order valence-electron chi connectivity index (χ2n) is 12.6. The van der Waals surface area contributed by atoms with E-state index in [4.69, 9.17) is 13.8 Å². The van der Waals surface area contributed by atoms with Crippen LogP contribution in [-0.2, 0) is 4.74 Å². The molecule has 0 radical (unpaired) electrons. The number of aromatic nitrogens is 4. The molecule has 1 fully saturated rings. The third kappa shape index (κ3) is 4.95. The average Bonchev–Trinajstić information content (AvgIpc) is 3.65. The molecule has 45 heavy (non-hydrogen) atoms. The molecule has 0 spiro atoms. The Labute approximate surface area is 265 Å². The molecule has 2 bridgehead atoms. The van der Waals surface area contributed by atoms with Gasteiger partial charge in [-0.25, -0.2) is 19.7 Å². The number of carbonyl (C=O) groups excluding carboxylic acids is 2. The Kier molecular flexibility index (Phi) is 5.98. The molecule has 11 heteroatoms. The topological polar surface area (TPSA) is 126 Å². The van der Waals surface area contributed by atoms with Crippen molar-refractivity contribution in [2.75, 3.05) is 25.0 Å². The molecule has 2 aromatic carbocycles. The average molecular weight is 609 g/mol. The maximum atomic E-state index is 13.8. The van der Waals surface area contributed by atoms with Crippen molar-refractivity contribution in [1.29, 1.82) is 0 Å². The Morgan fingerprint density at radius 3 is 2.67 bits per heavy atom. The minimum absolute atomic E-state index is 0.248. The molecule has 7 rings (SSSR count). The van der Waals surface area contributed by atoms with E-state index >= 15 is 0 Å². The number of carbonyl (C=O) groups is 2.